The predicted octanol–water partition coefficient (Wildman–Crippen LogP) is 2.56. The van der Waals surface area contributed by atoms with Gasteiger partial charge in [0.1, 0.15) is 0 Å². The van der Waals surface area contributed by atoms with Crippen LogP contribution in [0.2, 0.25) is 0 Å². The summed E-state index contributed by atoms with van der Waals surface area (Å²) in [7, 11) is 0. The Bertz CT molecular complexity index is 465. The number of carbonyl (C=O) groups excluding carboxylic acids is 1. The maximum atomic E-state index is 11.9. The first-order valence-electron chi connectivity index (χ1n) is 4.66. The molecular formula is C13H11CsOS. The van der Waals surface area contributed by atoms with E-state index in [4.69, 9.17) is 0 Å². The molecule has 0 radical (unpaired) electrons. The molecule has 3 heteroatoms. The van der Waals surface area contributed by atoms with Gasteiger partial charge in [-0.15, -0.1) is 12.6 Å². The van der Waals surface area contributed by atoms with Gasteiger partial charge in [-0.25, -0.2) is 0 Å². The number of hydrogen-bond donors (Lipinski definition) is 1. The van der Waals surface area contributed by atoms with E-state index in [9.17, 15) is 4.79 Å². The van der Waals surface area contributed by atoms with Gasteiger partial charge in [0.25, 0.3) is 0 Å². The summed E-state index contributed by atoms with van der Waals surface area (Å²) in [5, 5.41) is 0. The van der Waals surface area contributed by atoms with Crippen molar-refractivity contribution in [3.63, 3.8) is 0 Å². The van der Waals surface area contributed by atoms with Crippen LogP contribution in [-0.2, 0) is 0 Å². The molecule has 0 unspecified atom stereocenters. The van der Waals surface area contributed by atoms with E-state index < -0.39 is 0 Å². The van der Waals surface area contributed by atoms with Crippen molar-refractivity contribution in [1.29, 1.82) is 0 Å². The van der Waals surface area contributed by atoms with Gasteiger partial charge in [0.05, 0.1) is 0 Å². The molecule has 0 aromatic heterocycles. The van der Waals surface area contributed by atoms with E-state index in [0.717, 1.165) is 4.90 Å². The fourth-order valence-electron chi connectivity index (χ4n) is 1.37. The number of thiol groups is 1. The van der Waals surface area contributed by atoms with Gasteiger partial charge in [-0.2, -0.15) is 0 Å². The second-order valence-electron chi connectivity index (χ2n) is 3.24. The van der Waals surface area contributed by atoms with Crippen LogP contribution < -0.4 is 0 Å². The van der Waals surface area contributed by atoms with Crippen LogP contribution in [0.15, 0.2) is 59.5 Å². The Labute approximate surface area is 159 Å². The SMILES string of the molecule is O=C(c1ccccc1)c1ccc(S)cc1.[CsH]. The number of benzene rings is 2. The minimum absolute atomic E-state index is 0. The maximum absolute atomic E-state index is 11.9. The van der Waals surface area contributed by atoms with Gasteiger partial charge in [0, 0.05) is 16.0 Å². The van der Waals surface area contributed by atoms with Crippen LogP contribution >= 0.6 is 12.6 Å². The molecule has 0 saturated heterocycles. The quantitative estimate of drug-likeness (QED) is 0.652. The number of rotatable bonds is 2. The molecule has 0 atom stereocenters. The van der Waals surface area contributed by atoms with Crippen molar-refractivity contribution in [2.24, 2.45) is 0 Å². The second-order valence-corrected chi connectivity index (χ2v) is 3.76. The Balaban J connectivity index is 0.00000128. The molecule has 2 rings (SSSR count). The van der Waals surface area contributed by atoms with Gasteiger partial charge in [-0.3, -0.25) is 4.79 Å². The van der Waals surface area contributed by atoms with E-state index >= 15 is 0 Å². The molecule has 2 aromatic rings. The Morgan fingerprint density at radius 2 is 1.31 bits per heavy atom. The van der Waals surface area contributed by atoms with Crippen LogP contribution in [0.4, 0.5) is 0 Å². The van der Waals surface area contributed by atoms with E-state index in [1.807, 2.05) is 42.5 Å². The average molecular weight is 348 g/mol. The van der Waals surface area contributed by atoms with Crippen molar-refractivity contribution in [2.75, 3.05) is 0 Å². The zero-order valence-corrected chi connectivity index (χ0v) is 8.95. The molecule has 2 aromatic carbocycles. The van der Waals surface area contributed by atoms with Crippen LogP contribution in [0, 0.1) is 0 Å². The predicted molar refractivity (Wildman–Crippen MR) is 70.7 cm³/mol. The van der Waals surface area contributed by atoms with Gasteiger partial charge in [-0.05, 0) is 24.3 Å². The molecule has 0 aliphatic heterocycles. The van der Waals surface area contributed by atoms with Crippen molar-refractivity contribution in [1.82, 2.24) is 0 Å². The first kappa shape index (κ1) is 14.6. The molecule has 0 saturated carbocycles. The summed E-state index contributed by atoms with van der Waals surface area (Å²) in [5.74, 6) is 0.0453. The fraction of sp³-hybridized carbons (Fsp3) is 0. The molecular weight excluding hydrogens is 337 g/mol. The number of ketones is 1. The summed E-state index contributed by atoms with van der Waals surface area (Å²) in [6.45, 7) is 0. The Morgan fingerprint density at radius 1 is 0.812 bits per heavy atom. The Hall–Kier alpha value is 0.512. The molecule has 1 nitrogen and oxygen atoms in total. The fourth-order valence-corrected chi connectivity index (χ4v) is 1.52. The molecule has 0 amide bonds. The van der Waals surface area contributed by atoms with Gasteiger partial charge < -0.3 is 0 Å². The standard InChI is InChI=1S/C13H10OS.Cs.H/c14-13(10-4-2-1-3-5-10)11-6-8-12(15)9-7-11;;/h1-9,15H;;. The molecule has 0 fully saturated rings. The monoisotopic (exact) mass is 348 g/mol. The Morgan fingerprint density at radius 3 is 1.88 bits per heavy atom. The van der Waals surface area contributed by atoms with Crippen molar-refractivity contribution in [2.45, 2.75) is 4.90 Å². The number of hydrogen-bond acceptors (Lipinski definition) is 2. The van der Waals surface area contributed by atoms with E-state index in [-0.39, 0.29) is 74.7 Å². The van der Waals surface area contributed by atoms with Crippen LogP contribution in [-0.4, -0.2) is 74.7 Å². The van der Waals surface area contributed by atoms with Crippen LogP contribution in [0.1, 0.15) is 15.9 Å². The third kappa shape index (κ3) is 3.77. The number of carbonyl (C=O) groups is 1. The van der Waals surface area contributed by atoms with Gasteiger partial charge >= 0.3 is 68.9 Å². The summed E-state index contributed by atoms with van der Waals surface area (Å²) in [6, 6.07) is 16.5. The zero-order valence-electron chi connectivity index (χ0n) is 8.05. The average Bonchev–Trinajstić information content (AvgIpc) is 2.30. The van der Waals surface area contributed by atoms with Crippen molar-refractivity contribution in [3.05, 3.63) is 65.7 Å². The van der Waals surface area contributed by atoms with E-state index in [1.165, 1.54) is 0 Å². The summed E-state index contributed by atoms with van der Waals surface area (Å²) >= 11 is 4.18. The van der Waals surface area contributed by atoms with Gasteiger partial charge in [0.15, 0.2) is 5.78 Å². The second kappa shape index (κ2) is 7.06. The molecule has 0 heterocycles. The van der Waals surface area contributed by atoms with Gasteiger partial charge in [-0.1, -0.05) is 30.3 Å². The first-order chi connectivity index (χ1) is 7.27. The van der Waals surface area contributed by atoms with E-state index in [1.54, 1.807) is 12.1 Å². The van der Waals surface area contributed by atoms with E-state index in [0.29, 0.717) is 11.1 Å². The van der Waals surface area contributed by atoms with Crippen LogP contribution in [0.3, 0.4) is 0 Å². The molecule has 0 aliphatic carbocycles. The van der Waals surface area contributed by atoms with E-state index in [2.05, 4.69) is 12.6 Å². The first-order valence-corrected chi connectivity index (χ1v) is 5.11. The summed E-state index contributed by atoms with van der Waals surface area (Å²) in [4.78, 5) is 12.8. The van der Waals surface area contributed by atoms with Crippen molar-refractivity contribution in [3.8, 4) is 0 Å². The molecule has 0 N–H and O–H groups in total. The summed E-state index contributed by atoms with van der Waals surface area (Å²) < 4.78 is 0. The topological polar surface area (TPSA) is 17.1 Å². The minimum atomic E-state index is 0. The summed E-state index contributed by atoms with van der Waals surface area (Å²) in [6.07, 6.45) is 0. The van der Waals surface area contributed by atoms with Gasteiger partial charge in [0.2, 0.25) is 0 Å². The normalized spacial score (nSPS) is 9.31. The molecule has 0 spiro atoms. The molecule has 76 valence electrons. The zero-order chi connectivity index (χ0) is 10.7. The van der Waals surface area contributed by atoms with Crippen molar-refractivity contribution >= 4 is 87.3 Å². The van der Waals surface area contributed by atoms with Crippen LogP contribution in [0.25, 0.3) is 0 Å². The molecule has 0 bridgehead atoms. The molecule has 0 aliphatic rings. The third-order valence-electron chi connectivity index (χ3n) is 2.17. The Kier molecular flexibility index (Phi) is 6.43. The van der Waals surface area contributed by atoms with Crippen molar-refractivity contribution < 1.29 is 4.79 Å². The van der Waals surface area contributed by atoms with Crippen LogP contribution in [0.5, 0.6) is 0 Å². The summed E-state index contributed by atoms with van der Waals surface area (Å²) in [5.41, 5.74) is 1.41. The molecule has 16 heavy (non-hydrogen) atoms. The third-order valence-corrected chi connectivity index (χ3v) is 2.46.